The number of aliphatic carboxylic acids is 1. The number of nitrogens with zero attached hydrogens (tertiary/aromatic N) is 7. The van der Waals surface area contributed by atoms with E-state index in [1.54, 1.807) is 7.05 Å². The first-order chi connectivity index (χ1) is 25.1. The van der Waals surface area contributed by atoms with Crippen molar-refractivity contribution in [3.63, 3.8) is 0 Å². The Morgan fingerprint density at radius 2 is 1.85 bits per heavy atom. The van der Waals surface area contributed by atoms with E-state index in [-0.39, 0.29) is 68.9 Å². The summed E-state index contributed by atoms with van der Waals surface area (Å²) in [7, 11) is -1.84. The number of carboxylic acid groups (broad SMARTS) is 1. The van der Waals surface area contributed by atoms with Gasteiger partial charge in [-0.15, -0.1) is 16.9 Å². The van der Waals surface area contributed by atoms with Crippen molar-refractivity contribution in [1.29, 1.82) is 0 Å². The number of thioether (sulfide) groups is 2. The molecule has 0 saturated carbocycles. The van der Waals surface area contributed by atoms with Gasteiger partial charge in [0.1, 0.15) is 28.9 Å². The van der Waals surface area contributed by atoms with Crippen molar-refractivity contribution in [3.05, 3.63) is 81.9 Å². The van der Waals surface area contributed by atoms with Crippen molar-refractivity contribution in [2.45, 2.75) is 27.5 Å². The fourth-order valence-electron chi connectivity index (χ4n) is 5.51. The minimum Gasteiger partial charge on any atom is -0.543 e. The van der Waals surface area contributed by atoms with Crippen molar-refractivity contribution < 1.29 is 67.4 Å². The summed E-state index contributed by atoms with van der Waals surface area (Å²) in [6.45, 7) is 0. The second-order valence-corrected chi connectivity index (χ2v) is 15.6. The Labute approximate surface area is 336 Å². The number of anilines is 3. The van der Waals surface area contributed by atoms with Crippen LogP contribution in [-0.2, 0) is 31.3 Å². The third-order valence-corrected chi connectivity index (χ3v) is 11.6. The minimum absolute atomic E-state index is 0. The molecule has 2 unspecified atom stereocenters. The summed E-state index contributed by atoms with van der Waals surface area (Å²) in [5, 5.41) is 38.2. The molecule has 0 radical (unpaired) electrons. The van der Waals surface area contributed by atoms with Crippen LogP contribution in [0.15, 0.2) is 80.8 Å². The number of carboxylic acids is 1. The van der Waals surface area contributed by atoms with Crippen molar-refractivity contribution in [3.8, 4) is 5.75 Å². The largest absolute Gasteiger partial charge is 1.00 e. The molecule has 54 heavy (non-hydrogen) atoms. The number of phenolic OH excluding ortho intramolecular Hbond substituents is 1. The molecule has 2 aromatic carbocycles. The molecule has 2 aliphatic rings. The molecule has 6 rings (SSSR count). The second kappa shape index (κ2) is 16.2. The summed E-state index contributed by atoms with van der Waals surface area (Å²) in [6, 6.07) is 6.51. The number of amides is 4. The Hall–Kier alpha value is -4.94. The smallest absolute Gasteiger partial charge is 0.543 e. The van der Waals surface area contributed by atoms with Crippen LogP contribution in [0.3, 0.4) is 0 Å². The average molecular weight is 806 g/mol. The number of hydrogen-bond donors (Lipinski definition) is 5. The first kappa shape index (κ1) is 40.2. The number of carbonyl (C=O) groups excluding carboxylic acids is 4. The van der Waals surface area contributed by atoms with Gasteiger partial charge in [0.05, 0.1) is 22.8 Å². The Morgan fingerprint density at radius 3 is 2.43 bits per heavy atom. The van der Waals surface area contributed by atoms with E-state index in [2.05, 4.69) is 36.1 Å². The quantitative estimate of drug-likeness (QED) is 0.0518. The third-order valence-electron chi connectivity index (χ3n) is 8.03. The zero-order valence-corrected chi connectivity index (χ0v) is 32.9. The molecular weight excluding hydrogens is 778 g/mol. The summed E-state index contributed by atoms with van der Waals surface area (Å²) in [4.78, 5) is 74.5. The van der Waals surface area contributed by atoms with E-state index >= 15 is 0 Å². The van der Waals surface area contributed by atoms with E-state index < -0.39 is 62.4 Å². The number of aromatic amines is 1. The zero-order chi connectivity index (χ0) is 38.2. The van der Waals surface area contributed by atoms with Gasteiger partial charge in [-0.25, -0.2) is 22.9 Å². The van der Waals surface area contributed by atoms with Crippen molar-refractivity contribution in [1.82, 2.24) is 40.4 Å². The van der Waals surface area contributed by atoms with Gasteiger partial charge in [0.2, 0.25) is 17.0 Å². The van der Waals surface area contributed by atoms with Crippen LogP contribution in [0.2, 0.25) is 0 Å². The van der Waals surface area contributed by atoms with E-state index in [4.69, 9.17) is 5.73 Å². The number of phenols is 1. The number of aromatic nitrogens is 6. The number of fused-ring (bicyclic) bond motifs is 1. The topological polar surface area (TPSA) is 292 Å². The number of aryl methyl sites for hydroxylation is 1. The molecule has 1 fully saturated rings. The van der Waals surface area contributed by atoms with Gasteiger partial charge in [-0.3, -0.25) is 29.2 Å². The SMILES string of the molecule is Cn1nnnc1SCC1=C(C(=O)[O-])N2C(=O)C(NC(=O)C(c3ccc(O)cc3)N(C(N)=O)c3cnc(Nc4ccc(S(C)(=O)=O)cc4)[nH]c3=O)[C@@H]2SC1.[Na+]. The van der Waals surface area contributed by atoms with Crippen LogP contribution >= 0.6 is 23.5 Å². The first-order valence-corrected chi connectivity index (χ1v) is 19.1. The summed E-state index contributed by atoms with van der Waals surface area (Å²) in [5.41, 5.74) is 4.87. The van der Waals surface area contributed by atoms with Gasteiger partial charge in [-0.2, -0.15) is 0 Å². The molecule has 0 spiro atoms. The predicted octanol–water partition coefficient (Wildman–Crippen LogP) is -4.03. The van der Waals surface area contributed by atoms with Gasteiger partial charge in [0.25, 0.3) is 11.5 Å². The normalized spacial score (nSPS) is 17.1. The number of primary amides is 1. The molecule has 276 valence electrons. The second-order valence-electron chi connectivity index (χ2n) is 11.6. The molecule has 0 bridgehead atoms. The average Bonchev–Trinajstić information content (AvgIpc) is 3.52. The van der Waals surface area contributed by atoms with Gasteiger partial charge in [0, 0.05) is 30.5 Å². The Kier molecular flexibility index (Phi) is 12.1. The molecule has 3 atom stereocenters. The van der Waals surface area contributed by atoms with Gasteiger partial charge in [-0.05, 0) is 58.0 Å². The van der Waals surface area contributed by atoms with E-state index in [1.807, 2.05) is 0 Å². The molecule has 4 amide bonds. The maximum Gasteiger partial charge on any atom is 1.00 e. The van der Waals surface area contributed by atoms with Crippen LogP contribution in [0.5, 0.6) is 5.75 Å². The molecule has 1 saturated heterocycles. The minimum atomic E-state index is -3.45. The standard InChI is InChI=1S/C30H29N11O9S3.Na/c1-39-30(36-37-38-39)52-13-15-12-51-26-20(25(45)41(26)22(15)27(46)47)34-24(44)21(14-3-7-17(42)8-4-14)40(28(31)48)19-11-32-29(35-23(19)43)33-16-5-9-18(10-6-16)53(2,49)50;/h3-11,20-21,26,42H,12-13H2,1-2H3,(H2,31,48)(H,34,44)(H,46,47)(H2,32,33,35,43);/q;+1/p-1/t20?,21?,26-;/m0./s1. The van der Waals surface area contributed by atoms with Crippen LogP contribution in [0.1, 0.15) is 11.6 Å². The number of nitrogens with two attached hydrogens (primary N) is 1. The Balaban J connectivity index is 0.00000561. The number of nitrogens with one attached hydrogen (secondary N) is 3. The number of aromatic hydroxyl groups is 1. The number of hydrogen-bond acceptors (Lipinski definition) is 16. The maximum absolute atomic E-state index is 14.1. The number of carbonyl (C=O) groups is 4. The number of tetrazole rings is 1. The van der Waals surface area contributed by atoms with Crippen molar-refractivity contribution in [2.24, 2.45) is 12.8 Å². The molecular formula is C30H28N11NaO9S3. The summed E-state index contributed by atoms with van der Waals surface area (Å²) < 4.78 is 25.0. The summed E-state index contributed by atoms with van der Waals surface area (Å²) in [6.07, 6.45) is 2.04. The monoisotopic (exact) mass is 805 g/mol. The van der Waals surface area contributed by atoms with Crippen LogP contribution < -0.4 is 61.5 Å². The number of β-lactam (4-membered cyclic amide) rings is 1. The van der Waals surface area contributed by atoms with Crippen LogP contribution in [0.25, 0.3) is 0 Å². The zero-order valence-electron chi connectivity index (χ0n) is 28.5. The summed E-state index contributed by atoms with van der Waals surface area (Å²) >= 11 is 2.36. The molecule has 2 aliphatic heterocycles. The number of sulfone groups is 1. The van der Waals surface area contributed by atoms with Gasteiger partial charge >= 0.3 is 35.6 Å². The fourth-order valence-corrected chi connectivity index (χ4v) is 8.48. The van der Waals surface area contributed by atoms with Crippen LogP contribution in [0, 0.1) is 0 Å². The number of urea groups is 1. The molecule has 20 nitrogen and oxygen atoms in total. The van der Waals surface area contributed by atoms with Crippen molar-refractivity contribution >= 4 is 74.5 Å². The number of benzene rings is 2. The first-order valence-electron chi connectivity index (χ1n) is 15.2. The van der Waals surface area contributed by atoms with Crippen molar-refractivity contribution in [2.75, 3.05) is 28.0 Å². The van der Waals surface area contributed by atoms with E-state index in [0.29, 0.717) is 21.3 Å². The third kappa shape index (κ3) is 8.24. The van der Waals surface area contributed by atoms with E-state index in [0.717, 1.165) is 29.1 Å². The molecule has 4 aromatic rings. The molecule has 0 aliphatic carbocycles. The van der Waals surface area contributed by atoms with Crippen LogP contribution in [-0.4, -0.2) is 102 Å². The number of H-pyrrole nitrogens is 1. The molecule has 2 aromatic heterocycles. The Morgan fingerprint density at radius 1 is 1.17 bits per heavy atom. The molecule has 6 N–H and O–H groups in total. The summed E-state index contributed by atoms with van der Waals surface area (Å²) in [5.74, 6) is -3.27. The molecule has 4 heterocycles. The van der Waals surface area contributed by atoms with Gasteiger partial charge < -0.3 is 31.4 Å². The predicted molar refractivity (Wildman–Crippen MR) is 187 cm³/mol. The van der Waals surface area contributed by atoms with Crippen LogP contribution in [0.4, 0.5) is 22.1 Å². The van der Waals surface area contributed by atoms with E-state index in [1.165, 1.54) is 65.0 Å². The van der Waals surface area contributed by atoms with Gasteiger partial charge in [0.15, 0.2) is 9.84 Å². The molecule has 24 heteroatoms. The van der Waals surface area contributed by atoms with Gasteiger partial charge in [-0.1, -0.05) is 23.9 Å². The maximum atomic E-state index is 14.1. The fraction of sp³-hybridized carbons (Fsp3) is 0.233. The number of rotatable bonds is 12. The Bertz CT molecular complexity index is 2320. The van der Waals surface area contributed by atoms with E-state index in [9.17, 15) is 42.6 Å².